The Morgan fingerprint density at radius 2 is 2.00 bits per heavy atom. The fourth-order valence-electron chi connectivity index (χ4n) is 1.98. The van der Waals surface area contributed by atoms with Gasteiger partial charge in [-0.05, 0) is 35.1 Å². The summed E-state index contributed by atoms with van der Waals surface area (Å²) in [6.45, 7) is 0. The highest BCUT2D eigenvalue weighted by atomic mass is 32.2. The van der Waals surface area contributed by atoms with Gasteiger partial charge in [-0.1, -0.05) is 0 Å². The number of hydrogen-bond acceptors (Lipinski definition) is 5. The van der Waals surface area contributed by atoms with Gasteiger partial charge < -0.3 is 9.47 Å². The number of thiophene rings is 2. The molecule has 0 amide bonds. The quantitative estimate of drug-likeness (QED) is 0.795. The predicted molar refractivity (Wildman–Crippen MR) is 83.9 cm³/mol. The van der Waals surface area contributed by atoms with E-state index in [0.29, 0.717) is 5.25 Å². The van der Waals surface area contributed by atoms with Crippen molar-refractivity contribution in [1.29, 1.82) is 0 Å². The van der Waals surface area contributed by atoms with Gasteiger partial charge in [-0.25, -0.2) is 0 Å². The summed E-state index contributed by atoms with van der Waals surface area (Å²) in [6, 6.07) is 6.36. The molecule has 0 spiro atoms. The van der Waals surface area contributed by atoms with Crippen LogP contribution in [0, 0.1) is 6.10 Å². The van der Waals surface area contributed by atoms with Crippen LogP contribution in [0.2, 0.25) is 0 Å². The molecule has 0 saturated heterocycles. The first kappa shape index (κ1) is 13.2. The van der Waals surface area contributed by atoms with Crippen molar-refractivity contribution in [2.45, 2.75) is 5.25 Å². The van der Waals surface area contributed by atoms with E-state index < -0.39 is 0 Å². The highest BCUT2D eigenvalue weighted by Gasteiger charge is 2.28. The van der Waals surface area contributed by atoms with E-state index in [4.69, 9.17) is 9.47 Å². The van der Waals surface area contributed by atoms with Gasteiger partial charge in [-0.2, -0.15) is 0 Å². The zero-order chi connectivity index (χ0) is 13.2. The topological polar surface area (TPSA) is 18.5 Å². The molecule has 99 valence electrons. The molecule has 1 radical (unpaired) electrons. The van der Waals surface area contributed by atoms with E-state index in [1.54, 1.807) is 48.7 Å². The van der Waals surface area contributed by atoms with E-state index in [1.807, 2.05) is 12.1 Å². The molecule has 0 aromatic carbocycles. The van der Waals surface area contributed by atoms with Crippen molar-refractivity contribution in [3.63, 3.8) is 0 Å². The van der Waals surface area contributed by atoms with Crippen LogP contribution in [-0.4, -0.2) is 14.2 Å². The van der Waals surface area contributed by atoms with Gasteiger partial charge >= 0.3 is 0 Å². The minimum atomic E-state index is 0.301. The van der Waals surface area contributed by atoms with Crippen molar-refractivity contribution in [1.82, 2.24) is 0 Å². The standard InChI is InChI=1S/C14H13O2S3/c1-15-9-5-7-17-13(9)11-3-4-12(19-11)14-10(16-2)6-8-18-14/h3-8,13H,1-2H3. The van der Waals surface area contributed by atoms with Crippen molar-refractivity contribution in [3.8, 4) is 15.5 Å². The summed E-state index contributed by atoms with van der Waals surface area (Å²) in [4.78, 5) is 3.77. The first-order valence-electron chi connectivity index (χ1n) is 5.78. The molecule has 3 rings (SSSR count). The number of thioether (sulfide) groups is 1. The summed E-state index contributed by atoms with van der Waals surface area (Å²) in [5, 5.41) is 4.45. The maximum absolute atomic E-state index is 5.42. The van der Waals surface area contributed by atoms with Crippen molar-refractivity contribution >= 4 is 34.4 Å². The van der Waals surface area contributed by atoms with Gasteiger partial charge in [0.1, 0.15) is 11.9 Å². The van der Waals surface area contributed by atoms with Crippen LogP contribution in [0.5, 0.6) is 5.75 Å². The third-order valence-electron chi connectivity index (χ3n) is 2.90. The number of ether oxygens (including phenoxy) is 2. The first-order valence-corrected chi connectivity index (χ1v) is 8.42. The van der Waals surface area contributed by atoms with Gasteiger partial charge in [-0.15, -0.1) is 34.4 Å². The molecular weight excluding hydrogens is 296 g/mol. The summed E-state index contributed by atoms with van der Waals surface area (Å²) in [5.74, 6) is 0.951. The van der Waals surface area contributed by atoms with Crippen LogP contribution >= 0.6 is 34.4 Å². The van der Waals surface area contributed by atoms with Crippen molar-refractivity contribution < 1.29 is 9.47 Å². The lowest BCUT2D eigenvalue weighted by Gasteiger charge is -2.13. The van der Waals surface area contributed by atoms with Gasteiger partial charge in [0.05, 0.1) is 17.2 Å². The van der Waals surface area contributed by atoms with E-state index in [2.05, 4.69) is 22.9 Å². The maximum Gasteiger partial charge on any atom is 0.138 e. The lowest BCUT2D eigenvalue weighted by molar-refractivity contribution is 0.229. The summed E-state index contributed by atoms with van der Waals surface area (Å²) in [7, 11) is 3.45. The Labute approximate surface area is 125 Å². The Morgan fingerprint density at radius 3 is 2.79 bits per heavy atom. The van der Waals surface area contributed by atoms with E-state index in [-0.39, 0.29) is 0 Å². The van der Waals surface area contributed by atoms with Crippen molar-refractivity contribution in [2.24, 2.45) is 0 Å². The Hall–Kier alpha value is -0.750. The largest absolute Gasteiger partial charge is 0.495 e. The van der Waals surface area contributed by atoms with Crippen LogP contribution in [0.4, 0.5) is 0 Å². The monoisotopic (exact) mass is 309 g/mol. The second kappa shape index (κ2) is 5.71. The van der Waals surface area contributed by atoms with Crippen LogP contribution in [-0.2, 0) is 4.74 Å². The van der Waals surface area contributed by atoms with Crippen LogP contribution in [0.15, 0.2) is 35.1 Å². The summed E-state index contributed by atoms with van der Waals surface area (Å²) >= 11 is 5.31. The molecule has 1 unspecified atom stereocenters. The molecule has 0 fully saturated rings. The van der Waals surface area contributed by atoms with E-state index in [0.717, 1.165) is 11.9 Å². The highest BCUT2D eigenvalue weighted by Crippen LogP contribution is 2.49. The van der Waals surface area contributed by atoms with Gasteiger partial charge in [0.2, 0.25) is 0 Å². The smallest absolute Gasteiger partial charge is 0.138 e. The molecule has 0 N–H and O–H groups in total. The van der Waals surface area contributed by atoms with Gasteiger partial charge in [0, 0.05) is 16.9 Å². The fraction of sp³-hybridized carbons (Fsp3) is 0.214. The lowest BCUT2D eigenvalue weighted by Crippen LogP contribution is -2.01. The molecule has 19 heavy (non-hydrogen) atoms. The average Bonchev–Trinajstić information content (AvgIpc) is 3.16. The predicted octanol–water partition coefficient (Wildman–Crippen LogP) is 4.97. The summed E-state index contributed by atoms with van der Waals surface area (Å²) in [5.41, 5.74) is 0. The minimum Gasteiger partial charge on any atom is -0.495 e. The van der Waals surface area contributed by atoms with Crippen LogP contribution < -0.4 is 4.74 Å². The summed E-state index contributed by atoms with van der Waals surface area (Å²) in [6.07, 6.45) is 3.07. The third kappa shape index (κ3) is 2.48. The molecule has 2 nitrogen and oxygen atoms in total. The first-order chi connectivity index (χ1) is 9.33. The van der Waals surface area contributed by atoms with Gasteiger partial charge in [-0.3, -0.25) is 0 Å². The third-order valence-corrected chi connectivity index (χ3v) is 6.33. The number of methoxy groups -OCH3 is 2. The van der Waals surface area contributed by atoms with Gasteiger partial charge in [0.15, 0.2) is 0 Å². The van der Waals surface area contributed by atoms with Crippen molar-refractivity contribution in [3.05, 3.63) is 46.0 Å². The molecule has 0 aliphatic carbocycles. The molecule has 0 bridgehead atoms. The Kier molecular flexibility index (Phi) is 3.98. The molecule has 5 heteroatoms. The molecule has 1 aliphatic heterocycles. The molecule has 1 atom stereocenters. The van der Waals surface area contributed by atoms with E-state index >= 15 is 0 Å². The fourth-order valence-corrected chi connectivity index (χ4v) is 5.17. The molecule has 2 aromatic heterocycles. The van der Waals surface area contributed by atoms with E-state index in [9.17, 15) is 0 Å². The van der Waals surface area contributed by atoms with E-state index in [1.165, 1.54) is 14.6 Å². The van der Waals surface area contributed by atoms with Crippen molar-refractivity contribution in [2.75, 3.05) is 14.2 Å². The Balaban J connectivity index is 1.88. The van der Waals surface area contributed by atoms with Crippen LogP contribution in [0.1, 0.15) is 10.1 Å². The zero-order valence-electron chi connectivity index (χ0n) is 10.6. The number of hydrogen-bond donors (Lipinski definition) is 0. The molecule has 3 heterocycles. The SMILES string of the molecule is CO[C]1C=CSC1c1ccc(-c2sccc2OC)s1. The molecule has 0 saturated carbocycles. The Morgan fingerprint density at radius 1 is 1.11 bits per heavy atom. The average molecular weight is 309 g/mol. The highest BCUT2D eigenvalue weighted by molar-refractivity contribution is 8.02. The summed E-state index contributed by atoms with van der Waals surface area (Å²) < 4.78 is 10.8. The maximum atomic E-state index is 5.42. The van der Waals surface area contributed by atoms with Crippen LogP contribution in [0.3, 0.4) is 0 Å². The van der Waals surface area contributed by atoms with Crippen LogP contribution in [0.25, 0.3) is 9.75 Å². The number of rotatable bonds is 4. The molecular formula is C14H13O2S3. The Bertz CT molecular complexity index is 585. The van der Waals surface area contributed by atoms with Gasteiger partial charge in [0.25, 0.3) is 0 Å². The second-order valence-electron chi connectivity index (χ2n) is 3.95. The second-order valence-corrected chi connectivity index (χ2v) is 6.99. The zero-order valence-corrected chi connectivity index (χ0v) is 13.0. The minimum absolute atomic E-state index is 0.301. The molecule has 2 aromatic rings. The lowest BCUT2D eigenvalue weighted by atomic mass is 10.2. The molecule has 1 aliphatic rings. The normalized spacial score (nSPS) is 19.2.